The van der Waals surface area contributed by atoms with Crippen LogP contribution >= 0.6 is 11.3 Å². The molecule has 1 aliphatic heterocycles. The van der Waals surface area contributed by atoms with E-state index in [4.69, 9.17) is 0 Å². The molecule has 0 radical (unpaired) electrons. The molecule has 1 aromatic heterocycles. The lowest BCUT2D eigenvalue weighted by Crippen LogP contribution is -2.32. The van der Waals surface area contributed by atoms with Crippen LogP contribution < -0.4 is 5.32 Å². The Morgan fingerprint density at radius 1 is 1.45 bits per heavy atom. The molecule has 2 N–H and O–H groups in total. The number of hydrogen-bond donors (Lipinski definition) is 2. The van der Waals surface area contributed by atoms with Gasteiger partial charge in [0.1, 0.15) is 17.6 Å². The predicted octanol–water partition coefficient (Wildman–Crippen LogP) is 2.73. The van der Waals surface area contributed by atoms with E-state index >= 15 is 0 Å². The number of carboxylic acid groups (broad SMARTS) is 1. The summed E-state index contributed by atoms with van der Waals surface area (Å²) < 4.78 is 13.5. The van der Waals surface area contributed by atoms with Crippen molar-refractivity contribution < 1.29 is 14.3 Å². The number of carbonyl (C=O) groups is 1. The van der Waals surface area contributed by atoms with Crippen LogP contribution in [0.15, 0.2) is 51.4 Å². The second-order valence-electron chi connectivity index (χ2n) is 4.78. The van der Waals surface area contributed by atoms with Crippen LogP contribution in [0.1, 0.15) is 24.2 Å². The van der Waals surface area contributed by atoms with Gasteiger partial charge in [-0.3, -0.25) is 4.99 Å². The molecule has 3 rings (SSSR count). The summed E-state index contributed by atoms with van der Waals surface area (Å²) in [5.41, 5.74) is 3.37. The smallest absolute Gasteiger partial charge is 0.335 e. The number of nitrogens with zero attached hydrogens (tertiary/aromatic N) is 2. The normalized spacial score (nSPS) is 17.9. The molecule has 22 heavy (non-hydrogen) atoms. The van der Waals surface area contributed by atoms with Gasteiger partial charge in [0.2, 0.25) is 0 Å². The van der Waals surface area contributed by atoms with Crippen LogP contribution in [-0.2, 0) is 4.79 Å². The molecule has 5 nitrogen and oxygen atoms in total. The van der Waals surface area contributed by atoms with Crippen molar-refractivity contribution in [2.24, 2.45) is 4.99 Å². The summed E-state index contributed by atoms with van der Waals surface area (Å²) in [6.45, 7) is 1.66. The quantitative estimate of drug-likeness (QED) is 0.913. The van der Waals surface area contributed by atoms with Crippen molar-refractivity contribution in [3.8, 4) is 0 Å². The summed E-state index contributed by atoms with van der Waals surface area (Å²) in [5, 5.41) is 14.2. The van der Waals surface area contributed by atoms with Crippen molar-refractivity contribution in [1.29, 1.82) is 0 Å². The Balaban J connectivity index is 2.11. The molecular formula is C15H12FN3O2S. The van der Waals surface area contributed by atoms with E-state index < -0.39 is 17.8 Å². The minimum atomic E-state index is -1.08. The van der Waals surface area contributed by atoms with Crippen molar-refractivity contribution in [3.63, 3.8) is 0 Å². The van der Waals surface area contributed by atoms with Crippen LogP contribution in [-0.4, -0.2) is 21.9 Å². The summed E-state index contributed by atoms with van der Waals surface area (Å²) in [4.78, 5) is 20.2. The fourth-order valence-corrected chi connectivity index (χ4v) is 2.87. The zero-order valence-electron chi connectivity index (χ0n) is 11.6. The second-order valence-corrected chi connectivity index (χ2v) is 5.50. The molecule has 0 bridgehead atoms. The van der Waals surface area contributed by atoms with Gasteiger partial charge in [0.25, 0.3) is 0 Å². The van der Waals surface area contributed by atoms with Crippen LogP contribution in [0.5, 0.6) is 0 Å². The van der Waals surface area contributed by atoms with E-state index in [9.17, 15) is 14.3 Å². The van der Waals surface area contributed by atoms with Crippen molar-refractivity contribution in [2.45, 2.75) is 13.0 Å². The lowest BCUT2D eigenvalue weighted by molar-refractivity contribution is -0.133. The molecule has 0 aliphatic carbocycles. The van der Waals surface area contributed by atoms with Gasteiger partial charge in [-0.15, -0.1) is 11.3 Å². The maximum absolute atomic E-state index is 13.5. The highest BCUT2D eigenvalue weighted by atomic mass is 32.1. The fourth-order valence-electron chi connectivity index (χ4n) is 2.33. The van der Waals surface area contributed by atoms with Gasteiger partial charge < -0.3 is 10.4 Å². The van der Waals surface area contributed by atoms with E-state index in [1.807, 2.05) is 5.38 Å². The predicted molar refractivity (Wildman–Crippen MR) is 81.3 cm³/mol. The number of allylic oxidation sites excluding steroid dienone is 1. The lowest BCUT2D eigenvalue weighted by atomic mass is 9.96. The van der Waals surface area contributed by atoms with Gasteiger partial charge in [-0.05, 0) is 24.6 Å². The first-order valence-corrected chi connectivity index (χ1v) is 7.43. The summed E-state index contributed by atoms with van der Waals surface area (Å²) in [7, 11) is 0. The highest BCUT2D eigenvalue weighted by Crippen LogP contribution is 2.31. The number of carboxylic acids is 1. The number of aliphatic carboxylic acids is 1. The van der Waals surface area contributed by atoms with Gasteiger partial charge >= 0.3 is 5.97 Å². The van der Waals surface area contributed by atoms with Crippen molar-refractivity contribution in [1.82, 2.24) is 10.3 Å². The number of thiazole rings is 1. The molecule has 1 unspecified atom stereocenters. The van der Waals surface area contributed by atoms with Gasteiger partial charge in [-0.25, -0.2) is 14.2 Å². The average Bonchev–Trinajstić information content (AvgIpc) is 3.00. The molecule has 0 saturated heterocycles. The van der Waals surface area contributed by atoms with Gasteiger partial charge in [0.15, 0.2) is 5.84 Å². The third kappa shape index (κ3) is 2.62. The number of rotatable bonds is 3. The average molecular weight is 317 g/mol. The Labute approximate surface area is 129 Å². The zero-order valence-corrected chi connectivity index (χ0v) is 12.4. The number of amidine groups is 1. The molecule has 1 atom stereocenters. The number of nitrogens with one attached hydrogen (secondary N) is 1. The van der Waals surface area contributed by atoms with Crippen LogP contribution in [0.3, 0.4) is 0 Å². The Hall–Kier alpha value is -2.54. The first kappa shape index (κ1) is 14.4. The summed E-state index contributed by atoms with van der Waals surface area (Å²) in [6, 6.07) is 5.05. The number of aliphatic imine (C=N–C) groups is 1. The van der Waals surface area contributed by atoms with Crippen molar-refractivity contribution in [3.05, 3.63) is 63.5 Å². The number of hydrogen-bond acceptors (Lipinski definition) is 5. The largest absolute Gasteiger partial charge is 0.478 e. The van der Waals surface area contributed by atoms with Crippen molar-refractivity contribution in [2.75, 3.05) is 0 Å². The Morgan fingerprint density at radius 2 is 2.27 bits per heavy atom. The monoisotopic (exact) mass is 317 g/mol. The molecular weight excluding hydrogens is 305 g/mol. The van der Waals surface area contributed by atoms with E-state index in [2.05, 4.69) is 15.3 Å². The van der Waals surface area contributed by atoms with E-state index in [1.165, 1.54) is 23.5 Å². The molecule has 2 aromatic rings. The van der Waals surface area contributed by atoms with Crippen LogP contribution in [0.25, 0.3) is 0 Å². The number of halogens is 1. The standard InChI is InChI=1S/C15H12FN3O2S/c1-8-12(15(20)21)13(9-3-2-4-10(16)5-9)19-14(18-8)11-6-22-7-17-11/h2-7,13H,1H3,(H,18,19)(H,20,21). The molecule has 2 heterocycles. The topological polar surface area (TPSA) is 74.6 Å². The fraction of sp³-hybridized carbons (Fsp3) is 0.133. The van der Waals surface area contributed by atoms with E-state index in [0.29, 0.717) is 22.8 Å². The minimum absolute atomic E-state index is 0.101. The molecule has 112 valence electrons. The van der Waals surface area contributed by atoms with Gasteiger partial charge in [0.05, 0.1) is 11.1 Å². The number of benzene rings is 1. The molecule has 0 spiro atoms. The van der Waals surface area contributed by atoms with Crippen LogP contribution in [0.4, 0.5) is 4.39 Å². The van der Waals surface area contributed by atoms with Gasteiger partial charge in [-0.2, -0.15) is 0 Å². The third-order valence-electron chi connectivity index (χ3n) is 3.31. The lowest BCUT2D eigenvalue weighted by Gasteiger charge is -2.24. The van der Waals surface area contributed by atoms with Crippen LogP contribution in [0, 0.1) is 5.82 Å². The first-order chi connectivity index (χ1) is 10.6. The molecule has 7 heteroatoms. The van der Waals surface area contributed by atoms with E-state index in [1.54, 1.807) is 24.6 Å². The van der Waals surface area contributed by atoms with Gasteiger partial charge in [0, 0.05) is 11.1 Å². The van der Waals surface area contributed by atoms with E-state index in [0.717, 1.165) is 0 Å². The van der Waals surface area contributed by atoms with E-state index in [-0.39, 0.29) is 5.57 Å². The van der Waals surface area contributed by atoms with Crippen molar-refractivity contribution >= 4 is 23.1 Å². The maximum Gasteiger partial charge on any atom is 0.335 e. The second kappa shape index (κ2) is 5.69. The first-order valence-electron chi connectivity index (χ1n) is 6.49. The molecule has 1 aliphatic rings. The highest BCUT2D eigenvalue weighted by Gasteiger charge is 2.30. The summed E-state index contributed by atoms with van der Waals surface area (Å²) in [6.07, 6.45) is 0. The molecule has 0 fully saturated rings. The van der Waals surface area contributed by atoms with Crippen LogP contribution in [0.2, 0.25) is 0 Å². The Bertz CT molecular complexity index is 784. The highest BCUT2D eigenvalue weighted by molar-refractivity contribution is 7.07. The molecule has 1 aromatic carbocycles. The van der Waals surface area contributed by atoms with Gasteiger partial charge in [-0.1, -0.05) is 12.1 Å². The maximum atomic E-state index is 13.5. The minimum Gasteiger partial charge on any atom is -0.478 e. The molecule has 0 saturated carbocycles. The number of aromatic nitrogens is 1. The molecule has 0 amide bonds. The summed E-state index contributed by atoms with van der Waals surface area (Å²) in [5.74, 6) is -1.03. The third-order valence-corrected chi connectivity index (χ3v) is 3.90. The summed E-state index contributed by atoms with van der Waals surface area (Å²) >= 11 is 1.42. The zero-order chi connectivity index (χ0) is 15.7. The SMILES string of the molecule is CC1=C(C(=O)O)C(c2cccc(F)c2)N=C(c2cscn2)N1. The Morgan fingerprint density at radius 3 is 2.91 bits per heavy atom. The Kier molecular flexibility index (Phi) is 3.72.